The van der Waals surface area contributed by atoms with Gasteiger partial charge in [-0.05, 0) is 31.4 Å². The average Bonchev–Trinajstić information content (AvgIpc) is 2.83. The molecule has 0 saturated heterocycles. The van der Waals surface area contributed by atoms with Crippen molar-refractivity contribution >= 4 is 11.6 Å². The molecule has 0 amide bonds. The van der Waals surface area contributed by atoms with E-state index in [2.05, 4.69) is 0 Å². The van der Waals surface area contributed by atoms with Gasteiger partial charge in [0.1, 0.15) is 11.6 Å². The van der Waals surface area contributed by atoms with Crippen LogP contribution in [0.2, 0.25) is 5.02 Å². The fourth-order valence-electron chi connectivity index (χ4n) is 3.14. The van der Waals surface area contributed by atoms with Crippen LogP contribution in [0.5, 0.6) is 5.75 Å². The van der Waals surface area contributed by atoms with Crippen LogP contribution in [-0.4, -0.2) is 13.7 Å². The van der Waals surface area contributed by atoms with Crippen molar-refractivity contribution in [2.45, 2.75) is 38.0 Å². The molecule has 0 unspecified atom stereocenters. The summed E-state index contributed by atoms with van der Waals surface area (Å²) in [5.41, 5.74) is 7.28. The van der Waals surface area contributed by atoms with Crippen LogP contribution >= 0.6 is 11.6 Å². The van der Waals surface area contributed by atoms with Crippen molar-refractivity contribution in [2.24, 2.45) is 5.73 Å². The van der Waals surface area contributed by atoms with E-state index in [4.69, 9.17) is 22.1 Å². The highest BCUT2D eigenvalue weighted by atomic mass is 35.5. The fourth-order valence-corrected chi connectivity index (χ4v) is 3.41. The second-order valence-electron chi connectivity index (χ2n) is 5.07. The van der Waals surface area contributed by atoms with Gasteiger partial charge in [0.25, 0.3) is 0 Å². The number of hydrogen-bond donors (Lipinski definition) is 1. The molecule has 2 nitrogen and oxygen atoms in total. The Kier molecular flexibility index (Phi) is 3.83. The molecule has 0 atom stereocenters. The number of halogens is 2. The van der Waals surface area contributed by atoms with E-state index in [0.717, 1.165) is 31.2 Å². The Hall–Kier alpha value is -0.800. The third-order valence-electron chi connectivity index (χ3n) is 4.12. The molecule has 18 heavy (non-hydrogen) atoms. The first-order valence-electron chi connectivity index (χ1n) is 6.29. The lowest BCUT2D eigenvalue weighted by molar-refractivity contribution is 0.373. The first-order chi connectivity index (χ1) is 8.55. The van der Waals surface area contributed by atoms with Crippen LogP contribution < -0.4 is 10.5 Å². The highest BCUT2D eigenvalue weighted by molar-refractivity contribution is 6.32. The minimum absolute atomic E-state index is 0.179. The third-order valence-corrected chi connectivity index (χ3v) is 4.40. The molecule has 0 aromatic heterocycles. The van der Waals surface area contributed by atoms with Crippen LogP contribution in [0.1, 0.15) is 36.8 Å². The van der Waals surface area contributed by atoms with Crippen LogP contribution in [-0.2, 0) is 5.41 Å². The lowest BCUT2D eigenvalue weighted by atomic mass is 9.76. The molecule has 2 rings (SSSR count). The number of ether oxygens (including phenoxy) is 1. The number of hydrogen-bond acceptors (Lipinski definition) is 2. The number of benzene rings is 1. The molecule has 0 heterocycles. The van der Waals surface area contributed by atoms with Crippen molar-refractivity contribution in [3.05, 3.63) is 28.0 Å². The molecule has 1 aliphatic carbocycles. The van der Waals surface area contributed by atoms with Crippen molar-refractivity contribution in [1.82, 2.24) is 0 Å². The Morgan fingerprint density at radius 3 is 2.56 bits per heavy atom. The summed E-state index contributed by atoms with van der Waals surface area (Å²) in [6.07, 6.45) is 4.18. The van der Waals surface area contributed by atoms with E-state index < -0.39 is 0 Å². The van der Waals surface area contributed by atoms with E-state index in [-0.39, 0.29) is 11.2 Å². The summed E-state index contributed by atoms with van der Waals surface area (Å²) in [4.78, 5) is 0. The Balaban J connectivity index is 2.67. The van der Waals surface area contributed by atoms with E-state index in [1.165, 1.54) is 6.07 Å². The summed E-state index contributed by atoms with van der Waals surface area (Å²) in [5, 5.41) is 0.329. The zero-order chi connectivity index (χ0) is 13.3. The van der Waals surface area contributed by atoms with Gasteiger partial charge in [0, 0.05) is 17.5 Å². The van der Waals surface area contributed by atoms with Crippen molar-refractivity contribution in [3.8, 4) is 5.75 Å². The Bertz CT molecular complexity index is 456. The predicted molar refractivity (Wildman–Crippen MR) is 71.9 cm³/mol. The minimum atomic E-state index is -0.282. The van der Waals surface area contributed by atoms with Gasteiger partial charge >= 0.3 is 0 Å². The molecule has 1 aromatic rings. The van der Waals surface area contributed by atoms with Crippen molar-refractivity contribution in [1.29, 1.82) is 0 Å². The quantitative estimate of drug-likeness (QED) is 0.912. The normalized spacial score (nSPS) is 18.1. The molecule has 0 aliphatic heterocycles. The minimum Gasteiger partial charge on any atom is -0.495 e. The third kappa shape index (κ3) is 1.99. The number of methoxy groups -OCH3 is 1. The summed E-state index contributed by atoms with van der Waals surface area (Å²) >= 11 is 6.10. The molecule has 0 spiro atoms. The molecular weight excluding hydrogens is 253 g/mol. The van der Waals surface area contributed by atoms with Gasteiger partial charge < -0.3 is 10.5 Å². The number of nitrogens with two attached hydrogens (primary N) is 1. The Labute approximate surface area is 112 Å². The molecule has 1 saturated carbocycles. The first kappa shape index (κ1) is 13.6. The monoisotopic (exact) mass is 271 g/mol. The second-order valence-corrected chi connectivity index (χ2v) is 5.47. The standard InChI is InChI=1S/C14H19ClFNO/c1-9-11(16)7-10(15)13(18-2)12(9)14(8-17)5-3-4-6-14/h7H,3-6,8,17H2,1-2H3. The molecule has 1 aromatic carbocycles. The first-order valence-corrected chi connectivity index (χ1v) is 6.66. The van der Waals surface area contributed by atoms with Crippen LogP contribution in [0.3, 0.4) is 0 Å². The summed E-state index contributed by atoms with van der Waals surface area (Å²) in [6.45, 7) is 2.28. The summed E-state index contributed by atoms with van der Waals surface area (Å²) in [5.74, 6) is 0.304. The molecule has 0 bridgehead atoms. The van der Waals surface area contributed by atoms with E-state index in [9.17, 15) is 4.39 Å². The van der Waals surface area contributed by atoms with Gasteiger partial charge in [0.2, 0.25) is 0 Å². The Morgan fingerprint density at radius 1 is 1.44 bits per heavy atom. The zero-order valence-corrected chi connectivity index (χ0v) is 11.6. The van der Waals surface area contributed by atoms with Crippen LogP contribution in [0.25, 0.3) is 0 Å². The van der Waals surface area contributed by atoms with E-state index in [1.54, 1.807) is 14.0 Å². The lowest BCUT2D eigenvalue weighted by Gasteiger charge is -2.31. The molecular formula is C14H19ClFNO. The summed E-state index contributed by atoms with van der Waals surface area (Å²) in [7, 11) is 1.57. The van der Waals surface area contributed by atoms with Gasteiger partial charge in [-0.3, -0.25) is 0 Å². The van der Waals surface area contributed by atoms with Gasteiger partial charge in [-0.25, -0.2) is 4.39 Å². The SMILES string of the molecule is COc1c(Cl)cc(F)c(C)c1C1(CN)CCCC1. The van der Waals surface area contributed by atoms with E-state index in [0.29, 0.717) is 22.9 Å². The van der Waals surface area contributed by atoms with Crippen molar-refractivity contribution in [3.63, 3.8) is 0 Å². The van der Waals surface area contributed by atoms with Crippen LogP contribution in [0.4, 0.5) is 4.39 Å². The fraction of sp³-hybridized carbons (Fsp3) is 0.571. The smallest absolute Gasteiger partial charge is 0.141 e. The van der Waals surface area contributed by atoms with Crippen molar-refractivity contribution < 1.29 is 9.13 Å². The van der Waals surface area contributed by atoms with Crippen LogP contribution in [0, 0.1) is 12.7 Å². The molecule has 2 N–H and O–H groups in total. The molecule has 1 aliphatic rings. The highest BCUT2D eigenvalue weighted by Gasteiger charge is 2.39. The van der Waals surface area contributed by atoms with E-state index >= 15 is 0 Å². The lowest BCUT2D eigenvalue weighted by Crippen LogP contribution is -2.33. The predicted octanol–water partition coefficient (Wildman–Crippen LogP) is 3.57. The molecule has 4 heteroatoms. The van der Waals surface area contributed by atoms with Gasteiger partial charge in [0.15, 0.2) is 0 Å². The van der Waals surface area contributed by atoms with Gasteiger partial charge in [-0.2, -0.15) is 0 Å². The van der Waals surface area contributed by atoms with Crippen LogP contribution in [0.15, 0.2) is 6.07 Å². The topological polar surface area (TPSA) is 35.2 Å². The summed E-state index contributed by atoms with van der Waals surface area (Å²) < 4.78 is 19.3. The molecule has 100 valence electrons. The van der Waals surface area contributed by atoms with Crippen molar-refractivity contribution in [2.75, 3.05) is 13.7 Å². The second kappa shape index (κ2) is 5.06. The highest BCUT2D eigenvalue weighted by Crippen LogP contribution is 2.48. The Morgan fingerprint density at radius 2 is 2.06 bits per heavy atom. The maximum atomic E-state index is 13.9. The van der Waals surface area contributed by atoms with Gasteiger partial charge in [0.05, 0.1) is 12.1 Å². The summed E-state index contributed by atoms with van der Waals surface area (Å²) in [6, 6.07) is 1.32. The van der Waals surface area contributed by atoms with E-state index in [1.807, 2.05) is 0 Å². The number of rotatable bonds is 3. The van der Waals surface area contributed by atoms with Gasteiger partial charge in [-0.1, -0.05) is 24.4 Å². The average molecular weight is 272 g/mol. The zero-order valence-electron chi connectivity index (χ0n) is 10.9. The maximum absolute atomic E-state index is 13.9. The molecule has 0 radical (unpaired) electrons. The largest absolute Gasteiger partial charge is 0.495 e. The maximum Gasteiger partial charge on any atom is 0.141 e. The van der Waals surface area contributed by atoms with Gasteiger partial charge in [-0.15, -0.1) is 0 Å². The molecule has 1 fully saturated rings.